The van der Waals surface area contributed by atoms with Gasteiger partial charge in [-0.15, -0.1) is 0 Å². The molecule has 0 aliphatic rings. The lowest BCUT2D eigenvalue weighted by Gasteiger charge is -2.19. The number of rotatable bonds is 4. The monoisotopic (exact) mass is 342 g/mol. The molecule has 0 fully saturated rings. The van der Waals surface area contributed by atoms with Gasteiger partial charge in [-0.3, -0.25) is 9.36 Å². The summed E-state index contributed by atoms with van der Waals surface area (Å²) in [5.74, 6) is 0.175. The SMILES string of the molecule is COc1cccc(OC)c1-n1c(O)cc(=O)nc1-c1ccc(F)cc1. The summed E-state index contributed by atoms with van der Waals surface area (Å²) >= 11 is 0. The first-order chi connectivity index (χ1) is 12.0. The molecule has 1 aromatic heterocycles. The average molecular weight is 342 g/mol. The van der Waals surface area contributed by atoms with Crippen LogP contribution in [0.2, 0.25) is 0 Å². The van der Waals surface area contributed by atoms with Crippen LogP contribution in [0.4, 0.5) is 4.39 Å². The number of methoxy groups -OCH3 is 2. The summed E-state index contributed by atoms with van der Waals surface area (Å²) in [4.78, 5) is 15.8. The molecule has 7 heteroatoms. The molecule has 3 rings (SSSR count). The van der Waals surface area contributed by atoms with Crippen LogP contribution in [0.1, 0.15) is 0 Å². The van der Waals surface area contributed by atoms with E-state index >= 15 is 0 Å². The summed E-state index contributed by atoms with van der Waals surface area (Å²) in [5, 5.41) is 10.4. The highest BCUT2D eigenvalue weighted by molar-refractivity contribution is 5.66. The number of hydrogen-bond donors (Lipinski definition) is 1. The molecule has 0 atom stereocenters. The standard InChI is InChI=1S/C18H15FN2O4/c1-24-13-4-3-5-14(25-2)17(13)21-16(23)10-15(22)20-18(21)11-6-8-12(19)9-7-11/h3-10,23H,1-2H3. The molecule has 1 N–H and O–H groups in total. The molecule has 128 valence electrons. The van der Waals surface area contributed by atoms with Gasteiger partial charge < -0.3 is 14.6 Å². The Kier molecular flexibility index (Phi) is 4.38. The number of halogens is 1. The fourth-order valence-corrected chi connectivity index (χ4v) is 2.54. The molecular formula is C18H15FN2O4. The summed E-state index contributed by atoms with van der Waals surface area (Å²) in [7, 11) is 2.95. The first kappa shape index (κ1) is 16.5. The Morgan fingerprint density at radius 3 is 2.20 bits per heavy atom. The maximum absolute atomic E-state index is 13.2. The van der Waals surface area contributed by atoms with Crippen molar-refractivity contribution in [1.29, 1.82) is 0 Å². The third-order valence-electron chi connectivity index (χ3n) is 3.64. The summed E-state index contributed by atoms with van der Waals surface area (Å²) in [6.45, 7) is 0. The van der Waals surface area contributed by atoms with Crippen molar-refractivity contribution in [3.63, 3.8) is 0 Å². The van der Waals surface area contributed by atoms with Crippen molar-refractivity contribution in [2.45, 2.75) is 0 Å². The Labute approximate surface area is 142 Å². The topological polar surface area (TPSA) is 73.6 Å². The van der Waals surface area contributed by atoms with Crippen LogP contribution >= 0.6 is 0 Å². The van der Waals surface area contributed by atoms with Crippen molar-refractivity contribution in [3.05, 3.63) is 64.7 Å². The minimum absolute atomic E-state index is 0.132. The van der Waals surface area contributed by atoms with Gasteiger partial charge in [-0.2, -0.15) is 4.98 Å². The summed E-state index contributed by atoms with van der Waals surface area (Å²) in [5.41, 5.74) is 0.195. The molecule has 0 unspecified atom stereocenters. The minimum atomic E-state index is -0.623. The van der Waals surface area contributed by atoms with Gasteiger partial charge in [0.05, 0.1) is 20.3 Å². The van der Waals surface area contributed by atoms with Crippen LogP contribution in [0.15, 0.2) is 53.3 Å². The Morgan fingerprint density at radius 1 is 1.04 bits per heavy atom. The zero-order valence-corrected chi connectivity index (χ0v) is 13.6. The highest BCUT2D eigenvalue weighted by Crippen LogP contribution is 2.37. The molecule has 0 aliphatic heterocycles. The van der Waals surface area contributed by atoms with E-state index in [1.54, 1.807) is 18.2 Å². The van der Waals surface area contributed by atoms with Gasteiger partial charge in [0.2, 0.25) is 5.88 Å². The number of ether oxygens (including phenoxy) is 2. The quantitative estimate of drug-likeness (QED) is 0.789. The molecule has 0 saturated carbocycles. The van der Waals surface area contributed by atoms with Crippen LogP contribution in [-0.2, 0) is 0 Å². The summed E-state index contributed by atoms with van der Waals surface area (Å²) in [6.07, 6.45) is 0. The summed E-state index contributed by atoms with van der Waals surface area (Å²) < 4.78 is 25.3. The predicted octanol–water partition coefficient (Wildman–Crippen LogP) is 2.76. The molecule has 6 nitrogen and oxygen atoms in total. The van der Waals surface area contributed by atoms with Gasteiger partial charge in [-0.05, 0) is 36.4 Å². The zero-order chi connectivity index (χ0) is 18.0. The molecule has 0 saturated heterocycles. The van der Waals surface area contributed by atoms with Gasteiger partial charge >= 0.3 is 0 Å². The van der Waals surface area contributed by atoms with E-state index in [9.17, 15) is 14.3 Å². The maximum Gasteiger partial charge on any atom is 0.277 e. The minimum Gasteiger partial charge on any atom is -0.494 e. The number of hydrogen-bond acceptors (Lipinski definition) is 5. The Morgan fingerprint density at radius 2 is 1.64 bits per heavy atom. The highest BCUT2D eigenvalue weighted by Gasteiger charge is 2.20. The van der Waals surface area contributed by atoms with Gasteiger partial charge in [0, 0.05) is 5.56 Å². The second-order valence-corrected chi connectivity index (χ2v) is 5.13. The lowest BCUT2D eigenvalue weighted by Crippen LogP contribution is -2.14. The van der Waals surface area contributed by atoms with Crippen molar-refractivity contribution in [2.24, 2.45) is 0 Å². The molecule has 0 amide bonds. The number of benzene rings is 2. The van der Waals surface area contributed by atoms with E-state index in [1.807, 2.05) is 0 Å². The third kappa shape index (κ3) is 3.03. The van der Waals surface area contributed by atoms with Gasteiger partial charge in [0.1, 0.15) is 23.0 Å². The highest BCUT2D eigenvalue weighted by atomic mass is 19.1. The molecule has 25 heavy (non-hydrogen) atoms. The van der Waals surface area contributed by atoms with E-state index in [4.69, 9.17) is 9.47 Å². The van der Waals surface area contributed by atoms with E-state index in [0.717, 1.165) is 6.07 Å². The first-order valence-corrected chi connectivity index (χ1v) is 7.35. The average Bonchev–Trinajstić information content (AvgIpc) is 2.61. The second kappa shape index (κ2) is 6.64. The molecule has 1 heterocycles. The first-order valence-electron chi connectivity index (χ1n) is 7.35. The van der Waals surface area contributed by atoms with Crippen molar-refractivity contribution in [2.75, 3.05) is 14.2 Å². The molecule has 2 aromatic carbocycles. The third-order valence-corrected chi connectivity index (χ3v) is 3.64. The largest absolute Gasteiger partial charge is 0.494 e. The molecule has 3 aromatic rings. The van der Waals surface area contributed by atoms with E-state index in [0.29, 0.717) is 22.7 Å². The Balaban J connectivity index is 2.38. The Hall–Kier alpha value is -3.35. The van der Waals surface area contributed by atoms with Crippen molar-refractivity contribution < 1.29 is 19.0 Å². The van der Waals surface area contributed by atoms with E-state index in [-0.39, 0.29) is 11.7 Å². The number of para-hydroxylation sites is 1. The molecule has 0 radical (unpaired) electrons. The van der Waals surface area contributed by atoms with Crippen LogP contribution in [0, 0.1) is 5.82 Å². The van der Waals surface area contributed by atoms with Crippen LogP contribution in [0.5, 0.6) is 17.4 Å². The second-order valence-electron chi connectivity index (χ2n) is 5.13. The van der Waals surface area contributed by atoms with Crippen molar-refractivity contribution in [3.8, 4) is 34.5 Å². The van der Waals surface area contributed by atoms with Crippen LogP contribution in [-0.4, -0.2) is 28.9 Å². The van der Waals surface area contributed by atoms with Crippen LogP contribution in [0.3, 0.4) is 0 Å². The molecule has 0 spiro atoms. The lowest BCUT2D eigenvalue weighted by atomic mass is 10.2. The van der Waals surface area contributed by atoms with Crippen molar-refractivity contribution >= 4 is 0 Å². The fraction of sp³-hybridized carbons (Fsp3) is 0.111. The number of aromatic nitrogens is 2. The number of aromatic hydroxyl groups is 1. The lowest BCUT2D eigenvalue weighted by molar-refractivity contribution is 0.382. The normalized spacial score (nSPS) is 10.5. The van der Waals surface area contributed by atoms with Gasteiger partial charge in [0.15, 0.2) is 5.82 Å². The Bertz CT molecular complexity index is 946. The van der Waals surface area contributed by atoms with E-state index in [2.05, 4.69) is 4.98 Å². The number of nitrogens with zero attached hydrogens (tertiary/aromatic N) is 2. The molecule has 0 bridgehead atoms. The smallest absolute Gasteiger partial charge is 0.277 e. The predicted molar refractivity (Wildman–Crippen MR) is 90.0 cm³/mol. The summed E-state index contributed by atoms with van der Waals surface area (Å²) in [6, 6.07) is 11.5. The van der Waals surface area contributed by atoms with E-state index < -0.39 is 11.4 Å². The fourth-order valence-electron chi connectivity index (χ4n) is 2.54. The van der Waals surface area contributed by atoms with Gasteiger partial charge in [0.25, 0.3) is 5.56 Å². The van der Waals surface area contributed by atoms with Crippen molar-refractivity contribution in [1.82, 2.24) is 9.55 Å². The van der Waals surface area contributed by atoms with Crippen LogP contribution in [0.25, 0.3) is 17.1 Å². The molecule has 0 aliphatic carbocycles. The van der Waals surface area contributed by atoms with Crippen LogP contribution < -0.4 is 15.0 Å². The van der Waals surface area contributed by atoms with Gasteiger partial charge in [-0.25, -0.2) is 4.39 Å². The maximum atomic E-state index is 13.2. The van der Waals surface area contributed by atoms with E-state index in [1.165, 1.54) is 43.1 Å². The molecular weight excluding hydrogens is 327 g/mol. The van der Waals surface area contributed by atoms with Gasteiger partial charge in [-0.1, -0.05) is 6.07 Å². The zero-order valence-electron chi connectivity index (χ0n) is 13.6.